The third-order valence-corrected chi connectivity index (χ3v) is 3.73. The molecule has 1 saturated carbocycles. The molecule has 0 unspecified atom stereocenters. The van der Waals surface area contributed by atoms with Crippen LogP contribution in [0.2, 0.25) is 0 Å². The maximum absolute atomic E-state index is 12.5. The molecule has 0 saturated heterocycles. The fourth-order valence-corrected chi connectivity index (χ4v) is 2.21. The van der Waals surface area contributed by atoms with E-state index in [2.05, 4.69) is 0 Å². The van der Waals surface area contributed by atoms with Gasteiger partial charge >= 0.3 is 5.97 Å². The Morgan fingerprint density at radius 3 is 2.27 bits per heavy atom. The molecule has 1 aromatic rings. The van der Waals surface area contributed by atoms with E-state index in [0.717, 1.165) is 12.8 Å². The molecule has 1 N–H and O–H groups in total. The molecule has 1 aromatic carbocycles. The van der Waals surface area contributed by atoms with E-state index in [9.17, 15) is 14.4 Å². The lowest BCUT2D eigenvalue weighted by Crippen LogP contribution is -2.37. The average Bonchev–Trinajstić information content (AvgIpc) is 3.35. The van der Waals surface area contributed by atoms with Crippen LogP contribution >= 0.6 is 0 Å². The number of benzene rings is 1. The van der Waals surface area contributed by atoms with Crippen molar-refractivity contribution in [2.24, 2.45) is 0 Å². The van der Waals surface area contributed by atoms with Crippen LogP contribution in [0.15, 0.2) is 24.3 Å². The van der Waals surface area contributed by atoms with Crippen molar-refractivity contribution in [3.8, 4) is 0 Å². The molecule has 2 rings (SSSR count). The van der Waals surface area contributed by atoms with Crippen molar-refractivity contribution in [3.05, 3.63) is 35.4 Å². The van der Waals surface area contributed by atoms with Gasteiger partial charge in [-0.2, -0.15) is 0 Å². The van der Waals surface area contributed by atoms with Crippen molar-refractivity contribution in [2.75, 3.05) is 20.1 Å². The summed E-state index contributed by atoms with van der Waals surface area (Å²) in [5, 5.41) is 8.95. The van der Waals surface area contributed by atoms with Gasteiger partial charge in [-0.3, -0.25) is 14.4 Å². The minimum Gasteiger partial charge on any atom is -0.480 e. The van der Waals surface area contributed by atoms with E-state index >= 15 is 0 Å². The fourth-order valence-electron chi connectivity index (χ4n) is 2.21. The average molecular weight is 304 g/mol. The highest BCUT2D eigenvalue weighted by Gasteiger charge is 2.34. The first kappa shape index (κ1) is 16.0. The second-order valence-corrected chi connectivity index (χ2v) is 5.46. The molecule has 1 fully saturated rings. The van der Waals surface area contributed by atoms with Gasteiger partial charge in [-0.25, -0.2) is 0 Å². The smallest absolute Gasteiger partial charge is 0.323 e. The number of carbonyl (C=O) groups excluding carboxylic acids is 2. The quantitative estimate of drug-likeness (QED) is 0.863. The van der Waals surface area contributed by atoms with Crippen LogP contribution in [0.5, 0.6) is 0 Å². The molecule has 0 bridgehead atoms. The predicted molar refractivity (Wildman–Crippen MR) is 80.8 cm³/mol. The third kappa shape index (κ3) is 3.63. The van der Waals surface area contributed by atoms with Gasteiger partial charge in [0.1, 0.15) is 6.54 Å². The molecule has 0 aromatic heterocycles. The Kier molecular flexibility index (Phi) is 4.80. The minimum atomic E-state index is -1.03. The Morgan fingerprint density at radius 1 is 1.18 bits per heavy atom. The zero-order chi connectivity index (χ0) is 16.3. The van der Waals surface area contributed by atoms with Crippen molar-refractivity contribution in [2.45, 2.75) is 25.8 Å². The number of aliphatic carboxylic acids is 1. The van der Waals surface area contributed by atoms with Gasteiger partial charge in [0.05, 0.1) is 0 Å². The largest absolute Gasteiger partial charge is 0.480 e. The van der Waals surface area contributed by atoms with E-state index in [-0.39, 0.29) is 24.4 Å². The highest BCUT2D eigenvalue weighted by molar-refractivity contribution is 6.00. The number of rotatable bonds is 6. The van der Waals surface area contributed by atoms with E-state index in [4.69, 9.17) is 5.11 Å². The molecule has 0 atom stereocenters. The number of carboxylic acid groups (broad SMARTS) is 1. The molecule has 0 aliphatic heterocycles. The van der Waals surface area contributed by atoms with Gasteiger partial charge in [0.15, 0.2) is 0 Å². The van der Waals surface area contributed by atoms with E-state index in [1.54, 1.807) is 30.1 Å². The summed E-state index contributed by atoms with van der Waals surface area (Å²) >= 11 is 0. The van der Waals surface area contributed by atoms with Gasteiger partial charge in [-0.15, -0.1) is 0 Å². The van der Waals surface area contributed by atoms with Gasteiger partial charge in [0.2, 0.25) is 0 Å². The SMILES string of the molecule is CCN(C)C(=O)c1cccc(C(=O)N(CC(=O)O)C2CC2)c1. The number of nitrogens with zero attached hydrogens (tertiary/aromatic N) is 2. The highest BCUT2D eigenvalue weighted by Crippen LogP contribution is 2.28. The zero-order valence-electron chi connectivity index (χ0n) is 12.8. The topological polar surface area (TPSA) is 77.9 Å². The number of hydrogen-bond donors (Lipinski definition) is 1. The van der Waals surface area contributed by atoms with Crippen molar-refractivity contribution in [1.82, 2.24) is 9.80 Å². The Labute approximate surface area is 129 Å². The molecular formula is C16H20N2O4. The molecular weight excluding hydrogens is 284 g/mol. The van der Waals surface area contributed by atoms with Gasteiger partial charge in [0, 0.05) is 30.8 Å². The third-order valence-electron chi connectivity index (χ3n) is 3.73. The molecule has 0 heterocycles. The maximum Gasteiger partial charge on any atom is 0.323 e. The lowest BCUT2D eigenvalue weighted by Gasteiger charge is -2.21. The second kappa shape index (κ2) is 6.60. The Balaban J connectivity index is 2.22. The first-order valence-electron chi connectivity index (χ1n) is 7.32. The van der Waals surface area contributed by atoms with Crippen molar-refractivity contribution >= 4 is 17.8 Å². The molecule has 6 nitrogen and oxygen atoms in total. The van der Waals surface area contributed by atoms with E-state index in [1.165, 1.54) is 11.0 Å². The molecule has 0 radical (unpaired) electrons. The summed E-state index contributed by atoms with van der Waals surface area (Å²) in [5.74, 6) is -1.52. The van der Waals surface area contributed by atoms with Crippen molar-refractivity contribution in [1.29, 1.82) is 0 Å². The van der Waals surface area contributed by atoms with Gasteiger partial charge in [0.25, 0.3) is 11.8 Å². The van der Waals surface area contributed by atoms with E-state index in [0.29, 0.717) is 17.7 Å². The first-order chi connectivity index (χ1) is 10.4. The summed E-state index contributed by atoms with van der Waals surface area (Å²) in [6.07, 6.45) is 1.66. The summed E-state index contributed by atoms with van der Waals surface area (Å²) in [6.45, 7) is 2.13. The van der Waals surface area contributed by atoms with E-state index in [1.807, 2.05) is 6.92 Å². The standard InChI is InChI=1S/C16H20N2O4/c1-3-17(2)15(21)11-5-4-6-12(9-11)16(22)18(10-14(19)20)13-7-8-13/h4-6,9,13H,3,7-8,10H2,1-2H3,(H,19,20). The Morgan fingerprint density at radius 2 is 1.77 bits per heavy atom. The van der Waals surface area contributed by atoms with E-state index < -0.39 is 5.97 Å². The Bertz CT molecular complexity index is 596. The summed E-state index contributed by atoms with van der Waals surface area (Å²) < 4.78 is 0. The van der Waals surface area contributed by atoms with Crippen LogP contribution in [-0.2, 0) is 4.79 Å². The summed E-state index contributed by atoms with van der Waals surface area (Å²) in [5.41, 5.74) is 0.782. The molecule has 2 amide bonds. The van der Waals surface area contributed by atoms with Crippen LogP contribution in [0.3, 0.4) is 0 Å². The van der Waals surface area contributed by atoms with Crippen LogP contribution in [0, 0.1) is 0 Å². The maximum atomic E-state index is 12.5. The fraction of sp³-hybridized carbons (Fsp3) is 0.438. The van der Waals surface area contributed by atoms with Gasteiger partial charge in [-0.05, 0) is 38.0 Å². The number of amides is 2. The molecule has 1 aliphatic carbocycles. The van der Waals surface area contributed by atoms with Gasteiger partial charge < -0.3 is 14.9 Å². The molecule has 6 heteroatoms. The van der Waals surface area contributed by atoms with Gasteiger partial charge in [-0.1, -0.05) is 6.07 Å². The zero-order valence-corrected chi connectivity index (χ0v) is 12.8. The lowest BCUT2D eigenvalue weighted by atomic mass is 10.1. The van der Waals surface area contributed by atoms with Crippen LogP contribution in [0.4, 0.5) is 0 Å². The lowest BCUT2D eigenvalue weighted by molar-refractivity contribution is -0.137. The summed E-state index contributed by atoms with van der Waals surface area (Å²) in [6, 6.07) is 6.46. The Hall–Kier alpha value is -2.37. The monoisotopic (exact) mass is 304 g/mol. The van der Waals surface area contributed by atoms with Crippen LogP contribution in [-0.4, -0.2) is 58.9 Å². The molecule has 1 aliphatic rings. The van der Waals surface area contributed by atoms with Crippen LogP contribution < -0.4 is 0 Å². The second-order valence-electron chi connectivity index (χ2n) is 5.46. The predicted octanol–water partition coefficient (Wildman–Crippen LogP) is 1.47. The van der Waals surface area contributed by atoms with Crippen molar-refractivity contribution < 1.29 is 19.5 Å². The first-order valence-corrected chi connectivity index (χ1v) is 7.32. The van der Waals surface area contributed by atoms with Crippen LogP contribution in [0.1, 0.15) is 40.5 Å². The highest BCUT2D eigenvalue weighted by atomic mass is 16.4. The summed E-state index contributed by atoms with van der Waals surface area (Å²) in [4.78, 5) is 38.5. The normalized spacial score (nSPS) is 13.5. The number of carbonyl (C=O) groups is 3. The van der Waals surface area contributed by atoms with Crippen LogP contribution in [0.25, 0.3) is 0 Å². The number of carboxylic acids is 1. The summed E-state index contributed by atoms with van der Waals surface area (Å²) in [7, 11) is 1.69. The van der Waals surface area contributed by atoms with Crippen molar-refractivity contribution in [3.63, 3.8) is 0 Å². The molecule has 22 heavy (non-hydrogen) atoms. The molecule has 0 spiro atoms. The number of hydrogen-bond acceptors (Lipinski definition) is 3. The minimum absolute atomic E-state index is 0.00118. The molecule has 118 valence electrons.